The number of nitrogen functional groups attached to an aromatic ring is 1. The summed E-state index contributed by atoms with van der Waals surface area (Å²) in [7, 11) is 0. The number of rotatable bonds is 18. The summed E-state index contributed by atoms with van der Waals surface area (Å²) in [6.07, 6.45) is -4.61. The van der Waals surface area contributed by atoms with Gasteiger partial charge in [-0.15, -0.1) is 0 Å². The standard InChI is InChI=1S/C33H41N9O5.C2HF3O2/c34-28(35)23-15-13-21(14-16-23)18-25(30(44)40-24-10-5-2-6-11-24)31(45)42-27(20-47-19-22-8-3-1-4-9-22)32(46)41-26(29(36)43)12-7-17-39-33(37)38;3-2(4,5)1(6)7/h1-6,8-11,13-16,25-27H,7,12,17-20H2,(H3,34,35)(H2,36,43)(H,40,44)(H,41,46)(H,42,45)(H4,37,38,39);(H,6,7)/t25?,26-,27-;/m0./s1. The first kappa shape index (κ1) is 43.7. The first-order chi connectivity index (χ1) is 25.5. The van der Waals surface area contributed by atoms with Crippen LogP contribution >= 0.6 is 0 Å². The topological polar surface area (TPSA) is 289 Å². The molecular formula is C35H42F3N9O7. The highest BCUT2D eigenvalue weighted by Gasteiger charge is 2.38. The molecule has 0 saturated heterocycles. The van der Waals surface area contributed by atoms with E-state index in [9.17, 15) is 32.3 Å². The number of guanidine groups is 1. The van der Waals surface area contributed by atoms with Crippen LogP contribution in [0.4, 0.5) is 18.9 Å². The van der Waals surface area contributed by atoms with E-state index in [2.05, 4.69) is 21.3 Å². The molecule has 19 heteroatoms. The second-order valence-electron chi connectivity index (χ2n) is 11.5. The Labute approximate surface area is 308 Å². The largest absolute Gasteiger partial charge is 0.490 e. The number of nitrogens with two attached hydrogens (primary N) is 3. The molecule has 0 aromatic heterocycles. The summed E-state index contributed by atoms with van der Waals surface area (Å²) in [5.74, 6) is -7.28. The summed E-state index contributed by atoms with van der Waals surface area (Å²) >= 11 is 0. The normalized spacial score (nSPS) is 12.4. The average molecular weight is 758 g/mol. The van der Waals surface area contributed by atoms with Crippen molar-refractivity contribution < 1.29 is 47.0 Å². The number of amides is 4. The molecule has 0 spiro atoms. The van der Waals surface area contributed by atoms with Crippen LogP contribution < -0.4 is 38.5 Å². The number of carboxylic acids is 1. The third-order valence-electron chi connectivity index (χ3n) is 7.30. The van der Waals surface area contributed by atoms with Crippen LogP contribution in [0.25, 0.3) is 0 Å². The molecule has 3 rings (SSSR count). The third kappa shape index (κ3) is 16.2. The van der Waals surface area contributed by atoms with Crippen LogP contribution in [0.1, 0.15) is 29.5 Å². The molecule has 0 aliphatic carbocycles. The fraction of sp³-hybridized carbons (Fsp3) is 0.286. The van der Waals surface area contributed by atoms with Gasteiger partial charge in [-0.25, -0.2) is 4.79 Å². The molecule has 54 heavy (non-hydrogen) atoms. The average Bonchev–Trinajstić information content (AvgIpc) is 3.12. The zero-order valence-corrected chi connectivity index (χ0v) is 28.8. The van der Waals surface area contributed by atoms with Gasteiger partial charge in [-0.3, -0.25) is 30.0 Å². The lowest BCUT2D eigenvalue weighted by Gasteiger charge is -2.24. The van der Waals surface area contributed by atoms with Crippen LogP contribution in [0, 0.1) is 16.7 Å². The van der Waals surface area contributed by atoms with Crippen LogP contribution in [0.15, 0.2) is 84.9 Å². The fourth-order valence-electron chi connectivity index (χ4n) is 4.52. The summed E-state index contributed by atoms with van der Waals surface area (Å²) in [5.41, 5.74) is 18.8. The molecule has 16 nitrogen and oxygen atoms in total. The third-order valence-corrected chi connectivity index (χ3v) is 7.30. The Balaban J connectivity index is 0.00000131. The summed E-state index contributed by atoms with van der Waals surface area (Å²) in [4.78, 5) is 61.9. The van der Waals surface area contributed by atoms with Gasteiger partial charge in [0, 0.05) is 17.8 Å². The number of aliphatic carboxylic acids is 1. The molecule has 0 fully saturated rings. The number of anilines is 1. The second kappa shape index (κ2) is 21.8. The zero-order valence-electron chi connectivity index (χ0n) is 28.8. The summed E-state index contributed by atoms with van der Waals surface area (Å²) in [6.45, 7) is 0.141. The van der Waals surface area contributed by atoms with Crippen LogP contribution in [-0.2, 0) is 41.7 Å². The number of hydrogen-bond acceptors (Lipinski definition) is 8. The van der Waals surface area contributed by atoms with E-state index >= 15 is 0 Å². The number of carbonyl (C=O) groups is 5. The smallest absolute Gasteiger partial charge is 0.475 e. The number of hydrogen-bond donors (Lipinski definition) is 10. The molecule has 0 bridgehead atoms. The van der Waals surface area contributed by atoms with Gasteiger partial charge < -0.3 is 48.3 Å². The van der Waals surface area contributed by atoms with E-state index in [-0.39, 0.29) is 44.4 Å². The molecule has 3 atom stereocenters. The number of carboxylic acid groups (broad SMARTS) is 1. The summed E-state index contributed by atoms with van der Waals surface area (Å²) in [5, 5.41) is 32.6. The van der Waals surface area contributed by atoms with Gasteiger partial charge in [-0.2, -0.15) is 13.2 Å². The minimum Gasteiger partial charge on any atom is -0.475 e. The Kier molecular flexibility index (Phi) is 17.6. The fourth-order valence-corrected chi connectivity index (χ4v) is 4.52. The molecule has 290 valence electrons. The van der Waals surface area contributed by atoms with Crippen molar-refractivity contribution >= 4 is 47.1 Å². The quantitative estimate of drug-likeness (QED) is 0.0384. The highest BCUT2D eigenvalue weighted by molar-refractivity contribution is 6.07. The van der Waals surface area contributed by atoms with Crippen molar-refractivity contribution in [3.8, 4) is 0 Å². The highest BCUT2D eigenvalue weighted by Crippen LogP contribution is 2.16. The molecule has 0 aliphatic heterocycles. The van der Waals surface area contributed by atoms with Gasteiger partial charge in [-0.1, -0.05) is 72.8 Å². The molecule has 0 saturated carbocycles. The van der Waals surface area contributed by atoms with E-state index in [1.165, 1.54) is 0 Å². The monoisotopic (exact) mass is 757 g/mol. The molecule has 4 amide bonds. The number of para-hydroxylation sites is 1. The number of ether oxygens (including phenoxy) is 1. The highest BCUT2D eigenvalue weighted by atomic mass is 19.4. The van der Waals surface area contributed by atoms with Crippen molar-refractivity contribution in [3.63, 3.8) is 0 Å². The Hall–Kier alpha value is -6.50. The van der Waals surface area contributed by atoms with Gasteiger partial charge in [-0.05, 0) is 42.5 Å². The Morgan fingerprint density at radius 3 is 1.83 bits per heavy atom. The van der Waals surface area contributed by atoms with Gasteiger partial charge >= 0.3 is 12.1 Å². The summed E-state index contributed by atoms with van der Waals surface area (Å²) < 4.78 is 37.5. The maximum absolute atomic E-state index is 13.8. The van der Waals surface area contributed by atoms with E-state index in [0.29, 0.717) is 23.2 Å². The van der Waals surface area contributed by atoms with Crippen molar-refractivity contribution in [3.05, 3.63) is 102 Å². The van der Waals surface area contributed by atoms with Crippen LogP contribution in [0.3, 0.4) is 0 Å². The van der Waals surface area contributed by atoms with Gasteiger partial charge in [0.2, 0.25) is 23.6 Å². The summed E-state index contributed by atoms with van der Waals surface area (Å²) in [6, 6.07) is 22.0. The molecule has 0 radical (unpaired) electrons. The molecule has 13 N–H and O–H groups in total. The number of benzene rings is 3. The number of primary amides is 1. The molecular weight excluding hydrogens is 715 g/mol. The van der Waals surface area contributed by atoms with E-state index in [4.69, 9.17) is 42.7 Å². The van der Waals surface area contributed by atoms with Crippen LogP contribution in [-0.4, -0.2) is 77.9 Å². The number of amidine groups is 1. The second-order valence-corrected chi connectivity index (χ2v) is 11.5. The Bertz CT molecular complexity index is 1730. The SMILES string of the molecule is N=C(N)NCCC[C@H](NC(=O)[C@H](COCc1ccccc1)NC(=O)C(Cc1ccc(C(=N)N)cc1)C(=O)Nc1ccccc1)C(N)=O.O=C(O)C(F)(F)F. The van der Waals surface area contributed by atoms with Gasteiger partial charge in [0.15, 0.2) is 5.96 Å². The number of nitrogens with one attached hydrogen (secondary N) is 6. The zero-order chi connectivity index (χ0) is 40.3. The van der Waals surface area contributed by atoms with E-state index in [1.54, 1.807) is 54.6 Å². The minimum absolute atomic E-state index is 0.0328. The lowest BCUT2D eigenvalue weighted by molar-refractivity contribution is -0.192. The predicted molar refractivity (Wildman–Crippen MR) is 192 cm³/mol. The first-order valence-electron chi connectivity index (χ1n) is 16.2. The number of carbonyl (C=O) groups excluding carboxylic acids is 4. The Morgan fingerprint density at radius 1 is 0.759 bits per heavy atom. The van der Waals surface area contributed by atoms with Crippen molar-refractivity contribution in [1.29, 1.82) is 10.8 Å². The van der Waals surface area contributed by atoms with E-state index in [0.717, 1.165) is 5.56 Å². The van der Waals surface area contributed by atoms with E-state index in [1.807, 2.05) is 30.3 Å². The van der Waals surface area contributed by atoms with Gasteiger partial charge in [0.1, 0.15) is 23.8 Å². The molecule has 0 heterocycles. The predicted octanol–water partition coefficient (Wildman–Crippen LogP) is 1.34. The lowest BCUT2D eigenvalue weighted by atomic mass is 9.96. The maximum Gasteiger partial charge on any atom is 0.490 e. The minimum atomic E-state index is -5.08. The van der Waals surface area contributed by atoms with Crippen molar-refractivity contribution in [2.75, 3.05) is 18.5 Å². The van der Waals surface area contributed by atoms with Crippen LogP contribution in [0.2, 0.25) is 0 Å². The number of alkyl halides is 3. The first-order valence-corrected chi connectivity index (χ1v) is 16.2. The van der Waals surface area contributed by atoms with Crippen LogP contribution in [0.5, 0.6) is 0 Å². The van der Waals surface area contributed by atoms with Gasteiger partial charge in [0.05, 0.1) is 13.2 Å². The molecule has 1 unspecified atom stereocenters. The van der Waals surface area contributed by atoms with Gasteiger partial charge in [0.25, 0.3) is 0 Å². The van der Waals surface area contributed by atoms with Crippen molar-refractivity contribution in [1.82, 2.24) is 16.0 Å². The molecule has 3 aromatic rings. The lowest BCUT2D eigenvalue weighted by Crippen LogP contribution is -2.56. The van der Waals surface area contributed by atoms with Crippen molar-refractivity contribution in [2.45, 2.75) is 44.1 Å². The Morgan fingerprint density at radius 2 is 1.31 bits per heavy atom. The van der Waals surface area contributed by atoms with E-state index < -0.39 is 53.8 Å². The molecule has 3 aromatic carbocycles. The maximum atomic E-state index is 13.8. The molecule has 0 aliphatic rings. The number of halogens is 3. The van der Waals surface area contributed by atoms with Crippen molar-refractivity contribution in [2.24, 2.45) is 23.1 Å².